The minimum Gasteiger partial charge on any atom is -0.493 e. The number of likely N-dealkylation sites (N-methyl/N-ethyl adjacent to an activating group) is 1. The number of carbonyl (C=O) groups excluding carboxylic acids is 2. The highest BCUT2D eigenvalue weighted by Gasteiger charge is 2.37. The van der Waals surface area contributed by atoms with Crippen molar-refractivity contribution >= 4 is 35.3 Å². The van der Waals surface area contributed by atoms with E-state index in [1.165, 1.54) is 36.2 Å². The molecule has 31 heavy (non-hydrogen) atoms. The molecule has 1 amide bonds. The van der Waals surface area contributed by atoms with Crippen LogP contribution in [0.2, 0.25) is 0 Å². The fraction of sp³-hybridized carbons (Fsp3) is 0.227. The number of rotatable bonds is 7. The summed E-state index contributed by atoms with van der Waals surface area (Å²) in [5.74, 6) is -0.292. The number of amides is 1. The number of esters is 1. The first-order chi connectivity index (χ1) is 14.8. The molecule has 0 spiro atoms. The standard InChI is InChI=1S/C22H21FN2O5S/c1-24-17(21(27)25(22(24)31)12-20(26)29-3)10-15-6-9-18(19(11-15)28-2)30-13-14-4-7-16(23)8-5-14/h4-11H,12-13H2,1-3H3/b17-10-. The minimum absolute atomic E-state index is 0.216. The second kappa shape index (κ2) is 9.57. The lowest BCUT2D eigenvalue weighted by molar-refractivity contribution is -0.143. The Kier molecular flexibility index (Phi) is 6.86. The molecule has 1 saturated heterocycles. The summed E-state index contributed by atoms with van der Waals surface area (Å²) >= 11 is 5.27. The Morgan fingerprint density at radius 2 is 1.84 bits per heavy atom. The van der Waals surface area contributed by atoms with Gasteiger partial charge in [0.1, 0.15) is 24.7 Å². The number of ether oxygens (including phenoxy) is 3. The van der Waals surface area contributed by atoms with Crippen LogP contribution in [0.25, 0.3) is 6.08 Å². The Bertz CT molecular complexity index is 1040. The number of carbonyl (C=O) groups is 2. The molecule has 162 valence electrons. The molecule has 9 heteroatoms. The topological polar surface area (TPSA) is 68.3 Å². The number of thiocarbonyl (C=S) groups is 1. The van der Waals surface area contributed by atoms with Crippen molar-refractivity contribution in [2.24, 2.45) is 0 Å². The van der Waals surface area contributed by atoms with Crippen LogP contribution in [0.4, 0.5) is 4.39 Å². The zero-order valence-corrected chi connectivity index (χ0v) is 18.1. The monoisotopic (exact) mass is 444 g/mol. The van der Waals surface area contributed by atoms with Gasteiger partial charge in [-0.25, -0.2) is 4.39 Å². The molecule has 3 rings (SSSR count). The number of hydrogen-bond donors (Lipinski definition) is 0. The number of hydrogen-bond acceptors (Lipinski definition) is 6. The number of methoxy groups -OCH3 is 2. The highest BCUT2D eigenvalue weighted by atomic mass is 32.1. The van der Waals surface area contributed by atoms with Gasteiger partial charge in [0.15, 0.2) is 16.6 Å². The van der Waals surface area contributed by atoms with E-state index in [2.05, 4.69) is 4.74 Å². The van der Waals surface area contributed by atoms with Gasteiger partial charge in [-0.05, 0) is 53.7 Å². The van der Waals surface area contributed by atoms with Crippen LogP contribution in [0.1, 0.15) is 11.1 Å². The van der Waals surface area contributed by atoms with Crippen LogP contribution in [0.15, 0.2) is 48.2 Å². The number of halogens is 1. The third-order valence-corrected chi connectivity index (χ3v) is 5.15. The van der Waals surface area contributed by atoms with Crippen LogP contribution < -0.4 is 9.47 Å². The Hall–Kier alpha value is -3.46. The van der Waals surface area contributed by atoms with E-state index in [0.29, 0.717) is 22.8 Å². The average molecular weight is 444 g/mol. The molecule has 1 aliphatic heterocycles. The van der Waals surface area contributed by atoms with E-state index in [9.17, 15) is 14.0 Å². The Morgan fingerprint density at radius 3 is 2.48 bits per heavy atom. The van der Waals surface area contributed by atoms with Gasteiger partial charge in [-0.2, -0.15) is 0 Å². The fourth-order valence-electron chi connectivity index (χ4n) is 2.94. The molecule has 2 aromatic carbocycles. The summed E-state index contributed by atoms with van der Waals surface area (Å²) < 4.78 is 28.9. The predicted octanol–water partition coefficient (Wildman–Crippen LogP) is 2.99. The maximum Gasteiger partial charge on any atom is 0.325 e. The molecule has 0 radical (unpaired) electrons. The van der Waals surface area contributed by atoms with E-state index in [-0.39, 0.29) is 24.1 Å². The number of benzene rings is 2. The molecule has 0 saturated carbocycles. The van der Waals surface area contributed by atoms with Gasteiger partial charge in [-0.15, -0.1) is 0 Å². The van der Waals surface area contributed by atoms with Crippen molar-refractivity contribution < 1.29 is 28.2 Å². The maximum absolute atomic E-state index is 13.0. The highest BCUT2D eigenvalue weighted by Crippen LogP contribution is 2.31. The normalized spacial score (nSPS) is 14.9. The van der Waals surface area contributed by atoms with Crippen LogP contribution in [-0.2, 0) is 20.9 Å². The van der Waals surface area contributed by atoms with Crippen molar-refractivity contribution in [3.63, 3.8) is 0 Å². The second-order valence-electron chi connectivity index (χ2n) is 6.66. The first-order valence-corrected chi connectivity index (χ1v) is 9.68. The van der Waals surface area contributed by atoms with Gasteiger partial charge in [0.2, 0.25) is 0 Å². The first kappa shape index (κ1) is 22.2. The largest absolute Gasteiger partial charge is 0.493 e. The molecule has 0 N–H and O–H groups in total. The van der Waals surface area contributed by atoms with Crippen LogP contribution in [-0.4, -0.2) is 54.6 Å². The molecular weight excluding hydrogens is 423 g/mol. The third-order valence-electron chi connectivity index (χ3n) is 4.66. The van der Waals surface area contributed by atoms with Crippen LogP contribution in [0.5, 0.6) is 11.5 Å². The average Bonchev–Trinajstić information content (AvgIpc) is 2.97. The quantitative estimate of drug-likeness (QED) is 0.369. The summed E-state index contributed by atoms with van der Waals surface area (Å²) in [4.78, 5) is 27.0. The van der Waals surface area contributed by atoms with Crippen LogP contribution in [0.3, 0.4) is 0 Å². The molecule has 1 fully saturated rings. The first-order valence-electron chi connectivity index (χ1n) is 9.27. The lowest BCUT2D eigenvalue weighted by atomic mass is 10.1. The Balaban J connectivity index is 1.79. The molecule has 0 aliphatic carbocycles. The molecule has 0 bridgehead atoms. The van der Waals surface area contributed by atoms with E-state index in [0.717, 1.165) is 5.56 Å². The Morgan fingerprint density at radius 1 is 1.13 bits per heavy atom. The summed E-state index contributed by atoms with van der Waals surface area (Å²) in [5.41, 5.74) is 1.81. The van der Waals surface area contributed by atoms with Crippen LogP contribution >= 0.6 is 12.2 Å². The molecular formula is C22H21FN2O5S. The molecule has 7 nitrogen and oxygen atoms in total. The molecule has 2 aromatic rings. The molecule has 0 aromatic heterocycles. The van der Waals surface area contributed by atoms with Gasteiger partial charge in [0, 0.05) is 7.05 Å². The van der Waals surface area contributed by atoms with Gasteiger partial charge in [0.05, 0.1) is 14.2 Å². The van der Waals surface area contributed by atoms with Crippen molar-refractivity contribution in [3.05, 3.63) is 65.1 Å². The minimum atomic E-state index is -0.560. The summed E-state index contributed by atoms with van der Waals surface area (Å²) in [6, 6.07) is 11.2. The van der Waals surface area contributed by atoms with E-state index < -0.39 is 11.9 Å². The van der Waals surface area contributed by atoms with Crippen molar-refractivity contribution in [2.75, 3.05) is 27.8 Å². The molecule has 1 heterocycles. The Labute approximate surface area is 184 Å². The van der Waals surface area contributed by atoms with Crippen molar-refractivity contribution in [1.29, 1.82) is 0 Å². The zero-order chi connectivity index (χ0) is 22.5. The van der Waals surface area contributed by atoms with E-state index >= 15 is 0 Å². The summed E-state index contributed by atoms with van der Waals surface area (Å²) in [5, 5.41) is 0.216. The summed E-state index contributed by atoms with van der Waals surface area (Å²) in [6.07, 6.45) is 1.65. The summed E-state index contributed by atoms with van der Waals surface area (Å²) in [6.45, 7) is -0.00953. The van der Waals surface area contributed by atoms with Gasteiger partial charge in [0.25, 0.3) is 5.91 Å². The maximum atomic E-state index is 13.0. The zero-order valence-electron chi connectivity index (χ0n) is 17.3. The smallest absolute Gasteiger partial charge is 0.325 e. The van der Waals surface area contributed by atoms with E-state index in [1.807, 2.05) is 0 Å². The van der Waals surface area contributed by atoms with Crippen LogP contribution in [0, 0.1) is 5.82 Å². The van der Waals surface area contributed by atoms with Gasteiger partial charge in [-0.3, -0.25) is 14.5 Å². The molecule has 1 aliphatic rings. The SMILES string of the molecule is COC(=O)CN1C(=O)/C(=C/c2ccc(OCc3ccc(F)cc3)c(OC)c2)N(C)C1=S. The van der Waals surface area contributed by atoms with E-state index in [4.69, 9.17) is 21.7 Å². The fourth-order valence-corrected chi connectivity index (χ4v) is 3.18. The van der Waals surface area contributed by atoms with Gasteiger partial charge in [-0.1, -0.05) is 18.2 Å². The third kappa shape index (κ3) is 5.00. The number of nitrogens with zero attached hydrogens (tertiary/aromatic N) is 2. The lowest BCUT2D eigenvalue weighted by Gasteiger charge is -2.14. The van der Waals surface area contributed by atoms with Crippen molar-refractivity contribution in [2.45, 2.75) is 6.61 Å². The predicted molar refractivity (Wildman–Crippen MR) is 116 cm³/mol. The second-order valence-corrected chi connectivity index (χ2v) is 7.03. The molecule has 0 atom stereocenters. The highest BCUT2D eigenvalue weighted by molar-refractivity contribution is 7.80. The molecule has 0 unspecified atom stereocenters. The lowest BCUT2D eigenvalue weighted by Crippen LogP contribution is -2.36. The van der Waals surface area contributed by atoms with E-state index in [1.54, 1.807) is 43.5 Å². The van der Waals surface area contributed by atoms with Gasteiger partial charge >= 0.3 is 5.97 Å². The summed E-state index contributed by atoms with van der Waals surface area (Å²) in [7, 11) is 4.41. The van der Waals surface area contributed by atoms with Crippen molar-refractivity contribution in [3.8, 4) is 11.5 Å². The van der Waals surface area contributed by atoms with Gasteiger partial charge < -0.3 is 19.1 Å². The van der Waals surface area contributed by atoms with Crippen molar-refractivity contribution in [1.82, 2.24) is 9.80 Å².